The van der Waals surface area contributed by atoms with Crippen molar-refractivity contribution in [3.63, 3.8) is 0 Å². The third-order valence-corrected chi connectivity index (χ3v) is 1.32. The van der Waals surface area contributed by atoms with E-state index in [0.717, 1.165) is 16.3 Å². The largest absolute Gasteiger partial charge is 0.463 e. The lowest BCUT2D eigenvalue weighted by Crippen LogP contribution is -2.10. The van der Waals surface area contributed by atoms with Crippen LogP contribution < -0.4 is 0 Å². The van der Waals surface area contributed by atoms with Crippen LogP contribution in [-0.2, 0) is 9.53 Å². The Hall–Kier alpha value is -0.313. The van der Waals surface area contributed by atoms with Gasteiger partial charge in [0, 0.05) is 16.7 Å². The standard InChI is InChI=1S/C6H14O2Si/c1-5(2)8-6(7)3-4-9/h5H,3-4H2,1-2,9H3. The molecule has 0 saturated heterocycles. The van der Waals surface area contributed by atoms with Gasteiger partial charge >= 0.3 is 5.97 Å². The molecule has 0 heterocycles. The molecule has 0 aliphatic rings. The molecule has 0 saturated carbocycles. The lowest BCUT2D eigenvalue weighted by molar-refractivity contribution is -0.146. The fraction of sp³-hybridized carbons (Fsp3) is 0.833. The van der Waals surface area contributed by atoms with Crippen LogP contribution in [0, 0.1) is 0 Å². The first-order valence-electron chi connectivity index (χ1n) is 3.36. The summed E-state index contributed by atoms with van der Waals surface area (Å²) in [5, 5.41) is 0. The van der Waals surface area contributed by atoms with Gasteiger partial charge in [-0.15, -0.1) is 0 Å². The van der Waals surface area contributed by atoms with Gasteiger partial charge in [-0.1, -0.05) is 6.04 Å². The molecule has 0 fully saturated rings. The van der Waals surface area contributed by atoms with E-state index in [9.17, 15) is 4.79 Å². The fourth-order valence-electron chi connectivity index (χ4n) is 0.526. The van der Waals surface area contributed by atoms with Crippen LogP contribution in [0.25, 0.3) is 0 Å². The number of esters is 1. The van der Waals surface area contributed by atoms with E-state index < -0.39 is 0 Å². The smallest absolute Gasteiger partial charge is 0.305 e. The van der Waals surface area contributed by atoms with Crippen LogP contribution in [0.15, 0.2) is 0 Å². The minimum absolute atomic E-state index is 0.0470. The van der Waals surface area contributed by atoms with Crippen LogP contribution in [0.5, 0.6) is 0 Å². The Morgan fingerprint density at radius 3 is 2.56 bits per heavy atom. The second kappa shape index (κ2) is 4.55. The van der Waals surface area contributed by atoms with Gasteiger partial charge in [-0.25, -0.2) is 0 Å². The van der Waals surface area contributed by atoms with E-state index in [1.165, 1.54) is 0 Å². The van der Waals surface area contributed by atoms with Crippen molar-refractivity contribution in [1.82, 2.24) is 0 Å². The Kier molecular flexibility index (Phi) is 4.40. The molecule has 9 heavy (non-hydrogen) atoms. The van der Waals surface area contributed by atoms with E-state index in [2.05, 4.69) is 0 Å². The maximum atomic E-state index is 10.7. The molecular weight excluding hydrogens is 132 g/mol. The fourth-order valence-corrected chi connectivity index (χ4v) is 0.934. The number of carbonyl (C=O) groups is 1. The molecule has 0 N–H and O–H groups in total. The Morgan fingerprint density at radius 2 is 2.22 bits per heavy atom. The van der Waals surface area contributed by atoms with Gasteiger partial charge in [-0.05, 0) is 13.8 Å². The average molecular weight is 146 g/mol. The van der Waals surface area contributed by atoms with Crippen molar-refractivity contribution in [3.05, 3.63) is 0 Å². The summed E-state index contributed by atoms with van der Waals surface area (Å²) >= 11 is 0. The van der Waals surface area contributed by atoms with E-state index >= 15 is 0 Å². The second-order valence-electron chi connectivity index (χ2n) is 2.29. The summed E-state index contributed by atoms with van der Waals surface area (Å²) in [7, 11) is 1.09. The third kappa shape index (κ3) is 5.56. The average Bonchev–Trinajstić information content (AvgIpc) is 1.63. The van der Waals surface area contributed by atoms with Crippen LogP contribution >= 0.6 is 0 Å². The molecule has 54 valence electrons. The maximum absolute atomic E-state index is 10.7. The molecule has 0 rings (SSSR count). The van der Waals surface area contributed by atoms with Gasteiger partial charge in [-0.3, -0.25) is 4.79 Å². The maximum Gasteiger partial charge on any atom is 0.305 e. The summed E-state index contributed by atoms with van der Waals surface area (Å²) in [5.74, 6) is -0.0556. The van der Waals surface area contributed by atoms with Gasteiger partial charge in [0.15, 0.2) is 0 Å². The molecular formula is C6H14O2Si. The summed E-state index contributed by atoms with van der Waals surface area (Å²) in [6.45, 7) is 3.73. The monoisotopic (exact) mass is 146 g/mol. The van der Waals surface area contributed by atoms with E-state index in [1.54, 1.807) is 0 Å². The zero-order valence-electron chi connectivity index (χ0n) is 6.31. The molecule has 0 atom stereocenters. The topological polar surface area (TPSA) is 26.3 Å². The molecule has 2 nitrogen and oxygen atoms in total. The van der Waals surface area contributed by atoms with Crippen molar-refractivity contribution in [2.75, 3.05) is 0 Å². The summed E-state index contributed by atoms with van der Waals surface area (Å²) in [5.41, 5.74) is 0. The van der Waals surface area contributed by atoms with Crippen molar-refractivity contribution in [2.45, 2.75) is 32.4 Å². The Balaban J connectivity index is 3.27. The molecule has 0 aromatic rings. The molecule has 0 amide bonds. The zero-order valence-corrected chi connectivity index (χ0v) is 8.31. The second-order valence-corrected chi connectivity index (χ2v) is 3.29. The molecule has 0 aromatic heterocycles. The molecule has 0 bridgehead atoms. The SMILES string of the molecule is CC(C)OC(=O)CC[SiH3]. The summed E-state index contributed by atoms with van der Waals surface area (Å²) in [6, 6.07) is 1.01. The van der Waals surface area contributed by atoms with Gasteiger partial charge in [0.2, 0.25) is 0 Å². The minimum Gasteiger partial charge on any atom is -0.463 e. The van der Waals surface area contributed by atoms with Crippen molar-refractivity contribution >= 4 is 16.2 Å². The quantitative estimate of drug-likeness (QED) is 0.417. The van der Waals surface area contributed by atoms with Crippen LogP contribution in [0.3, 0.4) is 0 Å². The summed E-state index contributed by atoms with van der Waals surface area (Å²) in [6.07, 6.45) is 0.649. The van der Waals surface area contributed by atoms with Gasteiger partial charge < -0.3 is 4.74 Å². The first kappa shape index (κ1) is 8.69. The van der Waals surface area contributed by atoms with E-state index in [1.807, 2.05) is 13.8 Å². The van der Waals surface area contributed by atoms with Crippen molar-refractivity contribution < 1.29 is 9.53 Å². The van der Waals surface area contributed by atoms with Gasteiger partial charge in [0.25, 0.3) is 0 Å². The molecule has 3 heteroatoms. The first-order chi connectivity index (χ1) is 4.16. The molecule has 0 aromatic carbocycles. The zero-order chi connectivity index (χ0) is 7.28. The van der Waals surface area contributed by atoms with E-state index in [0.29, 0.717) is 6.42 Å². The highest BCUT2D eigenvalue weighted by molar-refractivity contribution is 6.09. The first-order valence-corrected chi connectivity index (χ1v) is 4.77. The Labute approximate surface area is 59.0 Å². The minimum atomic E-state index is -0.0556. The predicted molar refractivity (Wildman–Crippen MR) is 40.6 cm³/mol. The Morgan fingerprint density at radius 1 is 1.67 bits per heavy atom. The molecule has 0 spiro atoms. The van der Waals surface area contributed by atoms with Gasteiger partial charge in [-0.2, -0.15) is 0 Å². The highest BCUT2D eigenvalue weighted by Gasteiger charge is 2.01. The van der Waals surface area contributed by atoms with Crippen LogP contribution in [0.1, 0.15) is 20.3 Å². The number of carbonyl (C=O) groups excluding carboxylic acids is 1. The van der Waals surface area contributed by atoms with Crippen molar-refractivity contribution in [2.24, 2.45) is 0 Å². The third-order valence-electron chi connectivity index (χ3n) is 0.821. The van der Waals surface area contributed by atoms with Gasteiger partial charge in [0.1, 0.15) is 0 Å². The number of hydrogen-bond donors (Lipinski definition) is 0. The number of hydrogen-bond acceptors (Lipinski definition) is 2. The lowest BCUT2D eigenvalue weighted by atomic mass is 10.4. The predicted octanol–water partition coefficient (Wildman–Crippen LogP) is 0.112. The van der Waals surface area contributed by atoms with E-state index in [-0.39, 0.29) is 12.1 Å². The molecule has 0 aliphatic heterocycles. The molecule has 0 aliphatic carbocycles. The molecule has 0 radical (unpaired) electrons. The summed E-state index contributed by atoms with van der Waals surface area (Å²) in [4.78, 5) is 10.7. The highest BCUT2D eigenvalue weighted by Crippen LogP contribution is 1.94. The van der Waals surface area contributed by atoms with Crippen molar-refractivity contribution in [1.29, 1.82) is 0 Å². The normalized spacial score (nSPS) is 10.1. The van der Waals surface area contributed by atoms with Gasteiger partial charge in [0.05, 0.1) is 6.10 Å². The van der Waals surface area contributed by atoms with Crippen LogP contribution in [-0.4, -0.2) is 22.3 Å². The molecule has 0 unspecified atom stereocenters. The van der Waals surface area contributed by atoms with E-state index in [4.69, 9.17) is 4.74 Å². The number of ether oxygens (including phenoxy) is 1. The number of rotatable bonds is 3. The summed E-state index contributed by atoms with van der Waals surface area (Å²) < 4.78 is 4.87. The Bertz CT molecular complexity index is 91.1. The van der Waals surface area contributed by atoms with Crippen LogP contribution in [0.4, 0.5) is 0 Å². The lowest BCUT2D eigenvalue weighted by Gasteiger charge is -2.05. The van der Waals surface area contributed by atoms with Crippen molar-refractivity contribution in [3.8, 4) is 0 Å². The van der Waals surface area contributed by atoms with Crippen LogP contribution in [0.2, 0.25) is 6.04 Å². The highest BCUT2D eigenvalue weighted by atomic mass is 28.1.